The van der Waals surface area contributed by atoms with E-state index in [2.05, 4.69) is 13.8 Å². The molecule has 0 atom stereocenters. The van der Waals surface area contributed by atoms with Crippen molar-refractivity contribution in [1.82, 2.24) is 0 Å². The summed E-state index contributed by atoms with van der Waals surface area (Å²) in [4.78, 5) is 0. The van der Waals surface area contributed by atoms with Crippen molar-refractivity contribution in [3.8, 4) is 0 Å². The van der Waals surface area contributed by atoms with E-state index in [1.807, 2.05) is 32.9 Å². The van der Waals surface area contributed by atoms with E-state index in [9.17, 15) is 4.39 Å². The molecule has 0 unspecified atom stereocenters. The molecular weight excluding hydrogens is 175 g/mol. The summed E-state index contributed by atoms with van der Waals surface area (Å²) in [6.45, 7) is 10.1. The molecule has 0 aliphatic rings. The maximum Gasteiger partial charge on any atom is 0.126 e. The summed E-state index contributed by atoms with van der Waals surface area (Å²) in [5.41, 5.74) is 1.88. The second-order valence-corrected chi connectivity index (χ2v) is 3.36. The highest BCUT2D eigenvalue weighted by atomic mass is 19.1. The van der Waals surface area contributed by atoms with Crippen LogP contribution in [0, 0.1) is 5.82 Å². The van der Waals surface area contributed by atoms with Gasteiger partial charge >= 0.3 is 0 Å². The Balaban J connectivity index is 0.000000791. The third kappa shape index (κ3) is 3.49. The number of halogens is 1. The van der Waals surface area contributed by atoms with E-state index in [1.54, 1.807) is 6.07 Å². The quantitative estimate of drug-likeness (QED) is 0.651. The Labute approximate surface area is 87.2 Å². The topological polar surface area (TPSA) is 0 Å². The lowest BCUT2D eigenvalue weighted by Crippen LogP contribution is -1.92. The molecule has 1 rings (SSSR count). The highest BCUT2D eigenvalue weighted by Crippen LogP contribution is 2.17. The molecule has 0 aliphatic heterocycles. The molecule has 14 heavy (non-hydrogen) atoms. The van der Waals surface area contributed by atoms with Crippen LogP contribution in [-0.4, -0.2) is 0 Å². The van der Waals surface area contributed by atoms with E-state index in [1.165, 1.54) is 0 Å². The maximum absolute atomic E-state index is 13.2. The van der Waals surface area contributed by atoms with Gasteiger partial charge in [-0.15, -0.1) is 0 Å². The largest absolute Gasteiger partial charge is 0.207 e. The van der Waals surface area contributed by atoms with Gasteiger partial charge in [0.1, 0.15) is 5.82 Å². The fraction of sp³-hybridized carbons (Fsp3) is 0.538. The molecule has 0 amide bonds. The first-order chi connectivity index (χ1) is 6.65. The monoisotopic (exact) mass is 196 g/mol. The predicted octanol–water partition coefficient (Wildman–Crippen LogP) is 4.54. The smallest absolute Gasteiger partial charge is 0.126 e. The molecule has 0 bridgehead atoms. The highest BCUT2D eigenvalue weighted by Gasteiger charge is 2.03. The van der Waals surface area contributed by atoms with Gasteiger partial charge in [-0.2, -0.15) is 0 Å². The van der Waals surface area contributed by atoms with Crippen LogP contribution in [0.4, 0.5) is 4.39 Å². The summed E-state index contributed by atoms with van der Waals surface area (Å²) in [6, 6.07) is 5.53. The van der Waals surface area contributed by atoms with Crippen molar-refractivity contribution in [3.63, 3.8) is 0 Å². The number of benzene rings is 1. The first kappa shape index (κ1) is 13.2. The predicted molar refractivity (Wildman–Crippen MR) is 61.2 cm³/mol. The van der Waals surface area contributed by atoms with Crippen LogP contribution in [0.1, 0.15) is 51.7 Å². The van der Waals surface area contributed by atoms with E-state index in [0.717, 1.165) is 17.5 Å². The van der Waals surface area contributed by atoms with Crippen molar-refractivity contribution >= 4 is 0 Å². The molecule has 80 valence electrons. The van der Waals surface area contributed by atoms with Crippen molar-refractivity contribution in [3.05, 3.63) is 35.1 Å². The Morgan fingerprint density at radius 3 is 2.14 bits per heavy atom. The number of hydrogen-bond acceptors (Lipinski definition) is 0. The van der Waals surface area contributed by atoms with Crippen molar-refractivity contribution in [2.45, 2.75) is 47.0 Å². The van der Waals surface area contributed by atoms with E-state index in [-0.39, 0.29) is 5.82 Å². The Bertz CT molecular complexity index is 264. The minimum atomic E-state index is -0.0660. The van der Waals surface area contributed by atoms with Crippen LogP contribution in [-0.2, 0) is 6.42 Å². The summed E-state index contributed by atoms with van der Waals surface area (Å²) in [5, 5.41) is 0. The Morgan fingerprint density at radius 2 is 1.79 bits per heavy atom. The summed E-state index contributed by atoms with van der Waals surface area (Å²) in [5.74, 6) is 0.342. The van der Waals surface area contributed by atoms with E-state index < -0.39 is 0 Å². The molecule has 0 aromatic heterocycles. The third-order valence-electron chi connectivity index (χ3n) is 2.12. The van der Waals surface area contributed by atoms with Gasteiger partial charge in [0, 0.05) is 0 Å². The van der Waals surface area contributed by atoms with Gasteiger partial charge in [0.25, 0.3) is 0 Å². The van der Waals surface area contributed by atoms with Crippen LogP contribution in [0.2, 0.25) is 0 Å². The van der Waals surface area contributed by atoms with E-state index in [4.69, 9.17) is 0 Å². The number of hydrogen-bond donors (Lipinski definition) is 0. The average Bonchev–Trinajstić information content (AvgIpc) is 2.20. The molecule has 0 fully saturated rings. The lowest BCUT2D eigenvalue weighted by Gasteiger charge is -2.06. The zero-order valence-electron chi connectivity index (χ0n) is 9.89. The summed E-state index contributed by atoms with van der Waals surface area (Å²) < 4.78 is 13.2. The molecule has 1 aromatic rings. The van der Waals surface area contributed by atoms with Crippen LogP contribution >= 0.6 is 0 Å². The highest BCUT2D eigenvalue weighted by molar-refractivity contribution is 5.26. The van der Waals surface area contributed by atoms with E-state index >= 15 is 0 Å². The summed E-state index contributed by atoms with van der Waals surface area (Å²) in [6.07, 6.45) is 0.768. The molecule has 0 saturated carbocycles. The molecule has 1 aromatic carbocycles. The Morgan fingerprint density at radius 1 is 1.21 bits per heavy atom. The van der Waals surface area contributed by atoms with Gasteiger partial charge in [-0.25, -0.2) is 4.39 Å². The zero-order chi connectivity index (χ0) is 11.1. The van der Waals surface area contributed by atoms with Gasteiger partial charge in [-0.1, -0.05) is 46.8 Å². The lowest BCUT2D eigenvalue weighted by atomic mass is 10.0. The Hall–Kier alpha value is -0.850. The second-order valence-electron chi connectivity index (χ2n) is 3.36. The Kier molecular flexibility index (Phi) is 6.18. The molecule has 0 nitrogen and oxygen atoms in total. The minimum absolute atomic E-state index is 0.0660. The minimum Gasteiger partial charge on any atom is -0.207 e. The number of aryl methyl sites for hydroxylation is 1. The lowest BCUT2D eigenvalue weighted by molar-refractivity contribution is 0.608. The van der Waals surface area contributed by atoms with Crippen molar-refractivity contribution in [2.75, 3.05) is 0 Å². The molecule has 0 radical (unpaired) electrons. The van der Waals surface area contributed by atoms with Crippen LogP contribution in [0.25, 0.3) is 0 Å². The standard InChI is InChI=1S/C11H15F.C2H6/c1-4-9-5-6-10(8(2)3)7-11(9)12;1-2/h5-8H,4H2,1-3H3;1-2H3. The molecule has 0 saturated heterocycles. The van der Waals surface area contributed by atoms with Gasteiger partial charge < -0.3 is 0 Å². The SMILES string of the molecule is CC.CCc1ccc(C(C)C)cc1F. The fourth-order valence-electron chi connectivity index (χ4n) is 1.21. The summed E-state index contributed by atoms with van der Waals surface area (Å²) in [7, 11) is 0. The van der Waals surface area contributed by atoms with Crippen molar-refractivity contribution in [1.29, 1.82) is 0 Å². The van der Waals surface area contributed by atoms with Crippen LogP contribution in [0.15, 0.2) is 18.2 Å². The van der Waals surface area contributed by atoms with Gasteiger partial charge in [-0.05, 0) is 29.5 Å². The summed E-state index contributed by atoms with van der Waals surface area (Å²) >= 11 is 0. The normalized spacial score (nSPS) is 9.64. The van der Waals surface area contributed by atoms with Crippen LogP contribution in [0.3, 0.4) is 0 Å². The van der Waals surface area contributed by atoms with Gasteiger partial charge in [0.15, 0.2) is 0 Å². The van der Waals surface area contributed by atoms with E-state index in [0.29, 0.717) is 5.92 Å². The fourth-order valence-corrected chi connectivity index (χ4v) is 1.21. The van der Waals surface area contributed by atoms with Crippen LogP contribution < -0.4 is 0 Å². The van der Waals surface area contributed by atoms with Crippen LogP contribution in [0.5, 0.6) is 0 Å². The second kappa shape index (κ2) is 6.58. The van der Waals surface area contributed by atoms with Crippen molar-refractivity contribution < 1.29 is 4.39 Å². The molecule has 0 aliphatic carbocycles. The molecule has 1 heteroatoms. The first-order valence-corrected chi connectivity index (χ1v) is 5.43. The average molecular weight is 196 g/mol. The van der Waals surface area contributed by atoms with Gasteiger partial charge in [-0.3, -0.25) is 0 Å². The van der Waals surface area contributed by atoms with Crippen molar-refractivity contribution in [2.24, 2.45) is 0 Å². The molecule has 0 spiro atoms. The molecule has 0 N–H and O–H groups in total. The zero-order valence-corrected chi connectivity index (χ0v) is 9.89. The maximum atomic E-state index is 13.2. The molecule has 0 heterocycles. The third-order valence-corrected chi connectivity index (χ3v) is 2.12. The molecular formula is C13H21F. The van der Waals surface area contributed by atoms with Gasteiger partial charge in [0.2, 0.25) is 0 Å². The van der Waals surface area contributed by atoms with Gasteiger partial charge in [0.05, 0.1) is 0 Å². The first-order valence-electron chi connectivity index (χ1n) is 5.43. The number of rotatable bonds is 2.